The third-order valence-corrected chi connectivity index (χ3v) is 3.40. The molecule has 98 valence electrons. The highest BCUT2D eigenvalue weighted by molar-refractivity contribution is 9.10. The average molecular weight is 315 g/mol. The number of carbonyl (C=O) groups is 1. The fourth-order valence-corrected chi connectivity index (χ4v) is 2.18. The molecule has 1 saturated carbocycles. The van der Waals surface area contributed by atoms with Crippen LogP contribution >= 0.6 is 15.9 Å². The molecule has 1 N–H and O–H groups in total. The minimum atomic E-state index is -0.270. The third-order valence-electron chi connectivity index (χ3n) is 2.79. The van der Waals surface area contributed by atoms with Gasteiger partial charge in [0.15, 0.2) is 0 Å². The smallest absolute Gasteiger partial charge is 0.234 e. The second-order valence-electron chi connectivity index (χ2n) is 4.76. The number of carbonyl (C=O) groups excluding carboxylic acids is 1. The molecule has 0 spiro atoms. The molecule has 1 aromatic carbocycles. The standard InChI is InChI=1S/C13H16BrFN2O/c1-17(8-13(18)16-10-3-4-10)7-9-2-5-12(15)11(14)6-9/h2,5-6,10H,3-4,7-8H2,1H3,(H,16,18). The van der Waals surface area contributed by atoms with Gasteiger partial charge in [-0.05, 0) is 53.5 Å². The number of rotatable bonds is 5. The number of halogens is 2. The van der Waals surface area contributed by atoms with Gasteiger partial charge in [-0.1, -0.05) is 6.07 Å². The molecule has 1 aromatic rings. The van der Waals surface area contributed by atoms with Crippen LogP contribution in [0, 0.1) is 5.82 Å². The molecule has 0 bridgehead atoms. The molecule has 0 aromatic heterocycles. The lowest BCUT2D eigenvalue weighted by atomic mass is 10.2. The van der Waals surface area contributed by atoms with Crippen molar-refractivity contribution >= 4 is 21.8 Å². The molecule has 0 heterocycles. The molecular formula is C13H16BrFN2O. The first-order valence-corrected chi connectivity index (χ1v) is 6.76. The van der Waals surface area contributed by atoms with Crippen LogP contribution in [0.1, 0.15) is 18.4 Å². The summed E-state index contributed by atoms with van der Waals surface area (Å²) in [6, 6.07) is 5.29. The largest absolute Gasteiger partial charge is 0.352 e. The maximum Gasteiger partial charge on any atom is 0.234 e. The lowest BCUT2D eigenvalue weighted by Gasteiger charge is -2.16. The molecule has 0 unspecified atom stereocenters. The predicted molar refractivity (Wildman–Crippen MR) is 71.6 cm³/mol. The number of nitrogens with zero attached hydrogens (tertiary/aromatic N) is 1. The summed E-state index contributed by atoms with van der Waals surface area (Å²) < 4.78 is 13.5. The van der Waals surface area contributed by atoms with Gasteiger partial charge < -0.3 is 5.32 Å². The van der Waals surface area contributed by atoms with Gasteiger partial charge in [-0.3, -0.25) is 9.69 Å². The molecule has 2 rings (SSSR count). The summed E-state index contributed by atoms with van der Waals surface area (Å²) in [6.45, 7) is 0.989. The molecule has 18 heavy (non-hydrogen) atoms. The van der Waals surface area contributed by atoms with Gasteiger partial charge in [0.05, 0.1) is 11.0 Å². The van der Waals surface area contributed by atoms with E-state index in [1.54, 1.807) is 12.1 Å². The minimum absolute atomic E-state index is 0.0566. The maximum atomic E-state index is 13.1. The van der Waals surface area contributed by atoms with E-state index in [4.69, 9.17) is 0 Å². The van der Waals surface area contributed by atoms with Gasteiger partial charge in [-0.15, -0.1) is 0 Å². The Morgan fingerprint density at radius 1 is 1.56 bits per heavy atom. The van der Waals surface area contributed by atoms with Crippen molar-refractivity contribution in [2.75, 3.05) is 13.6 Å². The van der Waals surface area contributed by atoms with Crippen LogP contribution in [0.25, 0.3) is 0 Å². The number of amides is 1. The zero-order valence-electron chi connectivity index (χ0n) is 10.2. The van der Waals surface area contributed by atoms with Crippen molar-refractivity contribution in [2.24, 2.45) is 0 Å². The Bertz CT molecular complexity index is 449. The van der Waals surface area contributed by atoms with Crippen LogP contribution in [-0.4, -0.2) is 30.4 Å². The number of benzene rings is 1. The normalized spacial score (nSPS) is 14.9. The first kappa shape index (κ1) is 13.5. The predicted octanol–water partition coefficient (Wildman–Crippen LogP) is 2.30. The lowest BCUT2D eigenvalue weighted by Crippen LogP contribution is -2.35. The minimum Gasteiger partial charge on any atom is -0.352 e. The quantitative estimate of drug-likeness (QED) is 0.904. The highest BCUT2D eigenvalue weighted by Gasteiger charge is 2.23. The number of hydrogen-bond donors (Lipinski definition) is 1. The molecule has 0 aliphatic heterocycles. The van der Waals surface area contributed by atoms with Crippen LogP contribution < -0.4 is 5.32 Å². The monoisotopic (exact) mass is 314 g/mol. The molecular weight excluding hydrogens is 299 g/mol. The van der Waals surface area contributed by atoms with Gasteiger partial charge >= 0.3 is 0 Å². The first-order valence-electron chi connectivity index (χ1n) is 5.96. The van der Waals surface area contributed by atoms with Crippen molar-refractivity contribution in [3.05, 3.63) is 34.1 Å². The van der Waals surface area contributed by atoms with Gasteiger partial charge in [-0.25, -0.2) is 4.39 Å². The Hall–Kier alpha value is -0.940. The SMILES string of the molecule is CN(CC(=O)NC1CC1)Cc1ccc(F)c(Br)c1. The summed E-state index contributed by atoms with van der Waals surface area (Å²) in [5.74, 6) is -0.214. The van der Waals surface area contributed by atoms with E-state index >= 15 is 0 Å². The van der Waals surface area contributed by atoms with Crippen LogP contribution in [0.2, 0.25) is 0 Å². The maximum absolute atomic E-state index is 13.1. The zero-order valence-corrected chi connectivity index (χ0v) is 11.8. The number of nitrogens with one attached hydrogen (secondary N) is 1. The van der Waals surface area contributed by atoms with Crippen molar-refractivity contribution < 1.29 is 9.18 Å². The third kappa shape index (κ3) is 4.07. The van der Waals surface area contributed by atoms with E-state index in [0.29, 0.717) is 23.6 Å². The number of hydrogen-bond acceptors (Lipinski definition) is 2. The van der Waals surface area contributed by atoms with E-state index in [2.05, 4.69) is 21.2 Å². The zero-order chi connectivity index (χ0) is 13.1. The van der Waals surface area contributed by atoms with Crippen LogP contribution in [0.15, 0.2) is 22.7 Å². The second-order valence-corrected chi connectivity index (χ2v) is 5.62. The summed E-state index contributed by atoms with van der Waals surface area (Å²) in [5.41, 5.74) is 0.977. The van der Waals surface area contributed by atoms with E-state index < -0.39 is 0 Å². The first-order chi connectivity index (χ1) is 8.54. The fraction of sp³-hybridized carbons (Fsp3) is 0.462. The molecule has 0 saturated heterocycles. The van der Waals surface area contributed by atoms with Crippen molar-refractivity contribution in [1.82, 2.24) is 10.2 Å². The van der Waals surface area contributed by atoms with Gasteiger partial charge in [-0.2, -0.15) is 0 Å². The Labute approximate surface area is 114 Å². The van der Waals surface area contributed by atoms with Gasteiger partial charge in [0, 0.05) is 12.6 Å². The summed E-state index contributed by atoms with van der Waals surface area (Å²) in [4.78, 5) is 13.5. The molecule has 1 amide bonds. The van der Waals surface area contributed by atoms with Crippen molar-refractivity contribution in [2.45, 2.75) is 25.4 Å². The van der Waals surface area contributed by atoms with Crippen LogP contribution in [-0.2, 0) is 11.3 Å². The van der Waals surface area contributed by atoms with E-state index in [-0.39, 0.29) is 11.7 Å². The summed E-state index contributed by atoms with van der Waals surface area (Å²) in [6.07, 6.45) is 2.20. The van der Waals surface area contributed by atoms with Crippen LogP contribution in [0.5, 0.6) is 0 Å². The summed E-state index contributed by atoms with van der Waals surface area (Å²) >= 11 is 3.16. The van der Waals surface area contributed by atoms with Gasteiger partial charge in [0.25, 0.3) is 0 Å². The number of likely N-dealkylation sites (N-methyl/N-ethyl adjacent to an activating group) is 1. The van der Waals surface area contributed by atoms with E-state index in [0.717, 1.165) is 18.4 Å². The van der Waals surface area contributed by atoms with Crippen LogP contribution in [0.4, 0.5) is 4.39 Å². The summed E-state index contributed by atoms with van der Waals surface area (Å²) in [7, 11) is 1.88. The highest BCUT2D eigenvalue weighted by Crippen LogP contribution is 2.19. The van der Waals surface area contributed by atoms with Crippen molar-refractivity contribution in [3.8, 4) is 0 Å². The molecule has 0 atom stereocenters. The van der Waals surface area contributed by atoms with Crippen molar-refractivity contribution in [3.63, 3.8) is 0 Å². The molecule has 3 nitrogen and oxygen atoms in total. The lowest BCUT2D eigenvalue weighted by molar-refractivity contribution is -0.122. The molecule has 1 aliphatic rings. The van der Waals surface area contributed by atoms with E-state index in [9.17, 15) is 9.18 Å². The van der Waals surface area contributed by atoms with Gasteiger partial charge in [0.2, 0.25) is 5.91 Å². The molecule has 1 aliphatic carbocycles. The van der Waals surface area contributed by atoms with E-state index in [1.807, 2.05) is 11.9 Å². The van der Waals surface area contributed by atoms with Crippen LogP contribution in [0.3, 0.4) is 0 Å². The topological polar surface area (TPSA) is 32.3 Å². The second kappa shape index (κ2) is 5.80. The average Bonchev–Trinajstić information content (AvgIpc) is 3.07. The Morgan fingerprint density at radius 3 is 2.89 bits per heavy atom. The molecule has 5 heteroatoms. The Balaban J connectivity index is 1.83. The van der Waals surface area contributed by atoms with Crippen molar-refractivity contribution in [1.29, 1.82) is 0 Å². The fourth-order valence-electron chi connectivity index (χ4n) is 1.75. The highest BCUT2D eigenvalue weighted by atomic mass is 79.9. The van der Waals surface area contributed by atoms with E-state index in [1.165, 1.54) is 6.07 Å². The molecule has 0 radical (unpaired) electrons. The summed E-state index contributed by atoms with van der Waals surface area (Å²) in [5, 5.41) is 2.94. The molecule has 1 fully saturated rings. The van der Waals surface area contributed by atoms with Gasteiger partial charge in [0.1, 0.15) is 5.82 Å². The Morgan fingerprint density at radius 2 is 2.28 bits per heavy atom. The Kier molecular flexibility index (Phi) is 4.35.